The lowest BCUT2D eigenvalue weighted by Gasteiger charge is -2.27. The molecule has 1 aromatic heterocycles. The fourth-order valence-corrected chi connectivity index (χ4v) is 3.90. The Balaban J connectivity index is 1.76. The molecule has 1 N–H and O–H groups in total. The molecule has 0 saturated carbocycles. The van der Waals surface area contributed by atoms with Crippen molar-refractivity contribution in [2.75, 3.05) is 7.11 Å². The maximum absolute atomic E-state index is 12.9. The van der Waals surface area contributed by atoms with Gasteiger partial charge in [-0.2, -0.15) is 0 Å². The maximum atomic E-state index is 12.9. The molecule has 9 nitrogen and oxygen atoms in total. The van der Waals surface area contributed by atoms with Gasteiger partial charge < -0.3 is 24.3 Å². The Labute approximate surface area is 230 Å². The van der Waals surface area contributed by atoms with Crippen LogP contribution in [0.3, 0.4) is 0 Å². The predicted molar refractivity (Wildman–Crippen MR) is 141 cm³/mol. The fourth-order valence-electron chi connectivity index (χ4n) is 3.45. The van der Waals surface area contributed by atoms with Gasteiger partial charge in [-0.3, -0.25) is 9.59 Å². The van der Waals surface area contributed by atoms with Gasteiger partial charge in [-0.05, 0) is 37.6 Å². The molecule has 38 heavy (non-hydrogen) atoms. The third-order valence-electron chi connectivity index (χ3n) is 5.25. The summed E-state index contributed by atoms with van der Waals surface area (Å²) in [5, 5.41) is 3.26. The average molecular weight is 561 g/mol. The van der Waals surface area contributed by atoms with Gasteiger partial charge in [-0.25, -0.2) is 9.78 Å². The topological polar surface area (TPSA) is 113 Å². The van der Waals surface area contributed by atoms with E-state index in [1.54, 1.807) is 25.1 Å². The zero-order chi connectivity index (χ0) is 27.8. The summed E-state index contributed by atoms with van der Waals surface area (Å²) >= 11 is 12.3. The van der Waals surface area contributed by atoms with Crippen molar-refractivity contribution in [2.45, 2.75) is 39.0 Å². The van der Waals surface area contributed by atoms with Crippen molar-refractivity contribution in [3.05, 3.63) is 82.1 Å². The minimum absolute atomic E-state index is 0.132. The highest BCUT2D eigenvalue weighted by molar-refractivity contribution is 6.35. The average Bonchev–Trinajstić information content (AvgIpc) is 2.88. The van der Waals surface area contributed by atoms with E-state index < -0.39 is 36.1 Å². The van der Waals surface area contributed by atoms with Gasteiger partial charge in [0.15, 0.2) is 17.5 Å². The molecule has 3 atom stereocenters. The molecule has 1 heterocycles. The number of carbonyl (C=O) groups excluding carboxylic acids is 3. The van der Waals surface area contributed by atoms with Gasteiger partial charge in [0.1, 0.15) is 17.9 Å². The van der Waals surface area contributed by atoms with Crippen molar-refractivity contribution in [2.24, 2.45) is 0 Å². The number of hydrogen-bond acceptors (Lipinski definition) is 8. The van der Waals surface area contributed by atoms with E-state index >= 15 is 0 Å². The lowest BCUT2D eigenvalue weighted by Crippen LogP contribution is -2.42. The van der Waals surface area contributed by atoms with Crippen molar-refractivity contribution < 1.29 is 33.3 Å². The lowest BCUT2D eigenvalue weighted by atomic mass is 10.0. The molecule has 0 radical (unpaired) electrons. The summed E-state index contributed by atoms with van der Waals surface area (Å²) in [6, 6.07) is 14.3. The molecule has 0 unspecified atom stereocenters. The molecular formula is C27H26Cl2N2O7. The molecule has 3 aromatic rings. The minimum atomic E-state index is -1.08. The smallest absolute Gasteiger partial charge is 0.328 e. The van der Waals surface area contributed by atoms with Crippen LogP contribution < -0.4 is 19.5 Å². The molecule has 0 saturated heterocycles. The monoisotopic (exact) mass is 560 g/mol. The van der Waals surface area contributed by atoms with Crippen LogP contribution in [0.2, 0.25) is 10.0 Å². The van der Waals surface area contributed by atoms with Gasteiger partial charge >= 0.3 is 11.9 Å². The maximum Gasteiger partial charge on any atom is 0.328 e. The Hall–Kier alpha value is -3.82. The Bertz CT molecular complexity index is 1300. The molecule has 1 amide bonds. The number of nitrogens with zero attached hydrogens (tertiary/aromatic N) is 1. The number of benzene rings is 2. The number of pyridine rings is 1. The van der Waals surface area contributed by atoms with E-state index in [-0.39, 0.29) is 17.2 Å². The number of rotatable bonds is 10. The number of ether oxygens (including phenoxy) is 4. The first-order valence-corrected chi connectivity index (χ1v) is 12.3. The molecular weight excluding hydrogens is 535 g/mol. The van der Waals surface area contributed by atoms with Crippen molar-refractivity contribution in [3.63, 3.8) is 0 Å². The second-order valence-electron chi connectivity index (χ2n) is 8.15. The van der Waals surface area contributed by atoms with Gasteiger partial charge in [0.25, 0.3) is 5.91 Å². The number of halogens is 2. The van der Waals surface area contributed by atoms with E-state index in [0.717, 1.165) is 5.56 Å². The van der Waals surface area contributed by atoms with Crippen molar-refractivity contribution >= 4 is 41.0 Å². The molecule has 2 aromatic carbocycles. The largest absolute Gasteiger partial charge is 0.493 e. The Morgan fingerprint density at radius 3 is 2.32 bits per heavy atom. The van der Waals surface area contributed by atoms with Crippen LogP contribution in [-0.4, -0.2) is 42.1 Å². The summed E-state index contributed by atoms with van der Waals surface area (Å²) in [5.41, 5.74) is 0.511. The van der Waals surface area contributed by atoms with Gasteiger partial charge in [-0.15, -0.1) is 0 Å². The van der Waals surface area contributed by atoms with Crippen LogP contribution in [0.5, 0.6) is 17.2 Å². The Morgan fingerprint density at radius 1 is 0.974 bits per heavy atom. The van der Waals surface area contributed by atoms with Crippen LogP contribution in [0.25, 0.3) is 0 Å². The summed E-state index contributed by atoms with van der Waals surface area (Å²) in [7, 11) is 1.35. The summed E-state index contributed by atoms with van der Waals surface area (Å²) < 4.78 is 22.1. The van der Waals surface area contributed by atoms with Crippen molar-refractivity contribution in [1.82, 2.24) is 10.3 Å². The second kappa shape index (κ2) is 13.1. The lowest BCUT2D eigenvalue weighted by molar-refractivity contribution is -0.154. The van der Waals surface area contributed by atoms with Gasteiger partial charge in [0.2, 0.25) is 5.75 Å². The molecule has 0 spiro atoms. The standard InChI is InChI=1S/C27H26Cl2N2O7/c1-15(31-26(33)23-25(37-17(3)32)22(35-4)12-13-30-23)27(34)36-16(2)24(18-8-6-5-7-9-18)38-21-11-10-19(28)14-20(21)29/h5-16,24H,1-4H3,(H,31,33)/t15-,16-,24+/m0/s1. The molecule has 0 aliphatic rings. The molecule has 0 bridgehead atoms. The second-order valence-corrected chi connectivity index (χ2v) is 8.99. The Morgan fingerprint density at radius 2 is 1.68 bits per heavy atom. The zero-order valence-corrected chi connectivity index (χ0v) is 22.6. The summed E-state index contributed by atoms with van der Waals surface area (Å²) in [6.45, 7) is 4.29. The number of hydrogen-bond donors (Lipinski definition) is 1. The van der Waals surface area contributed by atoms with Crippen molar-refractivity contribution in [3.8, 4) is 17.2 Å². The van der Waals surface area contributed by atoms with E-state index in [2.05, 4.69) is 10.3 Å². The number of methoxy groups -OCH3 is 1. The van der Waals surface area contributed by atoms with E-state index in [1.807, 2.05) is 30.3 Å². The van der Waals surface area contributed by atoms with Crippen LogP contribution in [-0.2, 0) is 14.3 Å². The highest BCUT2D eigenvalue weighted by Crippen LogP contribution is 2.34. The van der Waals surface area contributed by atoms with E-state index in [1.165, 1.54) is 33.2 Å². The quantitative estimate of drug-likeness (QED) is 0.337. The van der Waals surface area contributed by atoms with Crippen LogP contribution in [0.1, 0.15) is 42.9 Å². The normalized spacial score (nSPS) is 13.0. The van der Waals surface area contributed by atoms with Gasteiger partial charge in [-0.1, -0.05) is 53.5 Å². The molecule has 3 rings (SSSR count). The number of nitrogens with one attached hydrogen (secondary N) is 1. The highest BCUT2D eigenvalue weighted by Gasteiger charge is 2.29. The van der Waals surface area contributed by atoms with Gasteiger partial charge in [0.05, 0.1) is 12.1 Å². The van der Waals surface area contributed by atoms with E-state index in [9.17, 15) is 14.4 Å². The third kappa shape index (κ3) is 7.36. The van der Waals surface area contributed by atoms with Crippen LogP contribution >= 0.6 is 23.2 Å². The first-order chi connectivity index (χ1) is 18.1. The highest BCUT2D eigenvalue weighted by atomic mass is 35.5. The fraction of sp³-hybridized carbons (Fsp3) is 0.259. The summed E-state index contributed by atoms with van der Waals surface area (Å²) in [4.78, 5) is 41.3. The zero-order valence-electron chi connectivity index (χ0n) is 21.1. The van der Waals surface area contributed by atoms with E-state index in [0.29, 0.717) is 15.8 Å². The van der Waals surface area contributed by atoms with Crippen LogP contribution in [0.4, 0.5) is 0 Å². The molecule has 0 aliphatic heterocycles. The molecule has 11 heteroatoms. The van der Waals surface area contributed by atoms with Crippen LogP contribution in [0.15, 0.2) is 60.8 Å². The Kier molecular flexibility index (Phi) is 9.92. The third-order valence-corrected chi connectivity index (χ3v) is 5.79. The van der Waals surface area contributed by atoms with Crippen molar-refractivity contribution in [1.29, 1.82) is 0 Å². The number of aromatic nitrogens is 1. The predicted octanol–water partition coefficient (Wildman–Crippen LogP) is 5.19. The van der Waals surface area contributed by atoms with Crippen LogP contribution in [0, 0.1) is 0 Å². The minimum Gasteiger partial charge on any atom is -0.493 e. The summed E-state index contributed by atoms with van der Waals surface area (Å²) in [6.07, 6.45) is -0.199. The molecule has 0 aliphatic carbocycles. The first-order valence-electron chi connectivity index (χ1n) is 11.5. The number of amides is 1. The van der Waals surface area contributed by atoms with E-state index in [4.69, 9.17) is 42.1 Å². The van der Waals surface area contributed by atoms with Gasteiger partial charge in [0, 0.05) is 24.2 Å². The molecule has 0 fully saturated rings. The SMILES string of the molecule is COc1ccnc(C(=O)N[C@@H](C)C(=O)O[C@@H](C)[C@@H](Oc2ccc(Cl)cc2Cl)c2ccccc2)c1OC(C)=O. The summed E-state index contributed by atoms with van der Waals surface area (Å²) in [5.74, 6) is -1.83. The first kappa shape index (κ1) is 28.7. The number of esters is 2. The molecule has 200 valence electrons. The number of carbonyl (C=O) groups is 3.